The van der Waals surface area contributed by atoms with Crippen molar-refractivity contribution in [2.75, 3.05) is 19.7 Å². The third-order valence-corrected chi connectivity index (χ3v) is 3.80. The van der Waals surface area contributed by atoms with Gasteiger partial charge in [-0.1, -0.05) is 18.5 Å². The van der Waals surface area contributed by atoms with E-state index in [-0.39, 0.29) is 12.5 Å². The molecule has 0 spiro atoms. The summed E-state index contributed by atoms with van der Waals surface area (Å²) in [5, 5.41) is 22.0. The number of tetrazole rings is 1. The fourth-order valence-electron chi connectivity index (χ4n) is 2.26. The van der Waals surface area contributed by atoms with E-state index in [1.54, 1.807) is 29.2 Å². The summed E-state index contributed by atoms with van der Waals surface area (Å²) in [5.41, 5.74) is 0.783. The first-order chi connectivity index (χ1) is 11.1. The number of nitrogens with zero attached hydrogens (tertiary/aromatic N) is 5. The summed E-state index contributed by atoms with van der Waals surface area (Å²) in [6.45, 7) is 4.50. The maximum atomic E-state index is 12.6. The molecular formula is C15H20ClN5O2. The molecule has 1 amide bonds. The molecule has 0 aliphatic heterocycles. The molecule has 8 heteroatoms. The lowest BCUT2D eigenvalue weighted by Gasteiger charge is -2.24. The molecule has 0 radical (unpaired) electrons. The first kappa shape index (κ1) is 17.4. The molecule has 2 rings (SSSR count). The largest absolute Gasteiger partial charge is 0.395 e. The van der Waals surface area contributed by atoms with Gasteiger partial charge < -0.3 is 10.0 Å². The predicted octanol–water partition coefficient (Wildman–Crippen LogP) is 1.79. The van der Waals surface area contributed by atoms with Gasteiger partial charge in [0, 0.05) is 23.7 Å². The number of carbonyl (C=O) groups is 1. The molecule has 124 valence electrons. The monoisotopic (exact) mass is 337 g/mol. The number of hydrogen-bond acceptors (Lipinski definition) is 5. The highest BCUT2D eigenvalue weighted by Crippen LogP contribution is 2.19. The van der Waals surface area contributed by atoms with E-state index in [1.807, 2.05) is 13.8 Å². The Hall–Kier alpha value is -1.99. The fraction of sp³-hybridized carbons (Fsp3) is 0.467. The number of benzene rings is 1. The van der Waals surface area contributed by atoms with Crippen molar-refractivity contribution in [3.8, 4) is 11.4 Å². The van der Waals surface area contributed by atoms with Crippen LogP contribution in [0.3, 0.4) is 0 Å². The zero-order valence-corrected chi connectivity index (χ0v) is 13.9. The summed E-state index contributed by atoms with van der Waals surface area (Å²) in [6, 6.07) is 6.57. The molecule has 0 saturated heterocycles. The van der Waals surface area contributed by atoms with Gasteiger partial charge in [-0.2, -0.15) is 4.80 Å². The van der Waals surface area contributed by atoms with Gasteiger partial charge in [0.15, 0.2) is 6.04 Å². The first-order valence-electron chi connectivity index (χ1n) is 7.55. The van der Waals surface area contributed by atoms with E-state index in [2.05, 4.69) is 15.4 Å². The van der Waals surface area contributed by atoms with Crippen LogP contribution in [0.15, 0.2) is 24.3 Å². The molecule has 23 heavy (non-hydrogen) atoms. The molecular weight excluding hydrogens is 318 g/mol. The fourth-order valence-corrected chi connectivity index (χ4v) is 2.39. The van der Waals surface area contributed by atoms with Gasteiger partial charge in [-0.25, -0.2) is 0 Å². The Morgan fingerprint density at radius 1 is 1.35 bits per heavy atom. The summed E-state index contributed by atoms with van der Waals surface area (Å²) in [5.74, 6) is 0.322. The summed E-state index contributed by atoms with van der Waals surface area (Å²) in [7, 11) is 0. The van der Waals surface area contributed by atoms with Gasteiger partial charge in [-0.15, -0.1) is 10.2 Å². The highest BCUT2D eigenvalue weighted by Gasteiger charge is 2.26. The number of carbonyl (C=O) groups excluding carboxylic acids is 1. The van der Waals surface area contributed by atoms with Crippen LogP contribution in [0.2, 0.25) is 5.02 Å². The highest BCUT2D eigenvalue weighted by atomic mass is 35.5. The average molecular weight is 338 g/mol. The summed E-state index contributed by atoms with van der Waals surface area (Å²) in [4.78, 5) is 15.5. The molecule has 1 unspecified atom stereocenters. The minimum absolute atomic E-state index is 0.0726. The molecule has 1 atom stereocenters. The van der Waals surface area contributed by atoms with E-state index in [9.17, 15) is 4.79 Å². The third kappa shape index (κ3) is 4.05. The lowest BCUT2D eigenvalue weighted by molar-refractivity contribution is -0.135. The molecule has 0 aliphatic carbocycles. The number of amides is 1. The van der Waals surface area contributed by atoms with E-state index in [0.29, 0.717) is 30.4 Å². The van der Waals surface area contributed by atoms with Crippen LogP contribution in [-0.4, -0.2) is 55.8 Å². The molecule has 1 aromatic carbocycles. The molecule has 1 N–H and O–H groups in total. The van der Waals surface area contributed by atoms with Crippen LogP contribution in [0.4, 0.5) is 0 Å². The maximum absolute atomic E-state index is 12.6. The quantitative estimate of drug-likeness (QED) is 0.832. The lowest BCUT2D eigenvalue weighted by Crippen LogP contribution is -2.39. The topological polar surface area (TPSA) is 84.1 Å². The normalized spacial score (nSPS) is 12.2. The van der Waals surface area contributed by atoms with Gasteiger partial charge in [0.05, 0.1) is 6.61 Å². The number of hydrogen-bond donors (Lipinski definition) is 1. The van der Waals surface area contributed by atoms with Crippen molar-refractivity contribution in [2.45, 2.75) is 26.3 Å². The van der Waals surface area contributed by atoms with Gasteiger partial charge in [0.1, 0.15) is 0 Å². The van der Waals surface area contributed by atoms with Crippen LogP contribution in [0.1, 0.15) is 26.3 Å². The molecule has 7 nitrogen and oxygen atoms in total. The molecule has 0 bridgehead atoms. The van der Waals surface area contributed by atoms with E-state index < -0.39 is 6.04 Å². The molecule has 0 fully saturated rings. The molecule has 2 aromatic rings. The second kappa shape index (κ2) is 8.03. The Bertz CT molecular complexity index is 644. The van der Waals surface area contributed by atoms with Crippen molar-refractivity contribution in [3.05, 3.63) is 29.3 Å². The standard InChI is InChI=1S/C15H20ClN5O2/c1-3-13(15(23)20(4-2)9-10-22)21-18-14(17-19-21)11-5-7-12(16)8-6-11/h5-8,13,22H,3-4,9-10H2,1-2H3. The minimum atomic E-state index is -0.532. The summed E-state index contributed by atoms with van der Waals surface area (Å²) < 4.78 is 0. The van der Waals surface area contributed by atoms with Crippen molar-refractivity contribution in [2.24, 2.45) is 0 Å². The highest BCUT2D eigenvalue weighted by molar-refractivity contribution is 6.30. The van der Waals surface area contributed by atoms with Gasteiger partial charge in [-0.05, 0) is 42.8 Å². The minimum Gasteiger partial charge on any atom is -0.395 e. The number of aliphatic hydroxyl groups excluding tert-OH is 1. The van der Waals surface area contributed by atoms with Crippen LogP contribution in [-0.2, 0) is 4.79 Å². The Labute approximate surface area is 139 Å². The van der Waals surface area contributed by atoms with E-state index >= 15 is 0 Å². The van der Waals surface area contributed by atoms with Crippen LogP contribution >= 0.6 is 11.6 Å². The van der Waals surface area contributed by atoms with E-state index in [1.165, 1.54) is 4.80 Å². The predicted molar refractivity (Wildman–Crippen MR) is 86.9 cm³/mol. The van der Waals surface area contributed by atoms with Crippen molar-refractivity contribution >= 4 is 17.5 Å². The van der Waals surface area contributed by atoms with Gasteiger partial charge in [0.25, 0.3) is 0 Å². The number of rotatable bonds is 7. The number of aliphatic hydroxyl groups is 1. The Morgan fingerprint density at radius 2 is 2.04 bits per heavy atom. The van der Waals surface area contributed by atoms with Crippen molar-refractivity contribution in [3.63, 3.8) is 0 Å². The second-order valence-corrected chi connectivity index (χ2v) is 5.44. The molecule has 1 aromatic heterocycles. The van der Waals surface area contributed by atoms with Crippen LogP contribution < -0.4 is 0 Å². The van der Waals surface area contributed by atoms with E-state index in [4.69, 9.17) is 16.7 Å². The smallest absolute Gasteiger partial charge is 0.249 e. The number of likely N-dealkylation sites (N-methyl/N-ethyl adjacent to an activating group) is 1. The van der Waals surface area contributed by atoms with Crippen LogP contribution in [0.25, 0.3) is 11.4 Å². The average Bonchev–Trinajstić information content (AvgIpc) is 3.03. The van der Waals surface area contributed by atoms with Gasteiger partial charge in [-0.3, -0.25) is 4.79 Å². The molecule has 0 saturated carbocycles. The van der Waals surface area contributed by atoms with Crippen molar-refractivity contribution < 1.29 is 9.90 Å². The third-order valence-electron chi connectivity index (χ3n) is 3.54. The zero-order valence-electron chi connectivity index (χ0n) is 13.2. The van der Waals surface area contributed by atoms with E-state index in [0.717, 1.165) is 5.56 Å². The second-order valence-electron chi connectivity index (χ2n) is 5.01. The summed E-state index contributed by atoms with van der Waals surface area (Å²) >= 11 is 5.87. The van der Waals surface area contributed by atoms with Gasteiger partial charge in [0.2, 0.25) is 11.7 Å². The zero-order chi connectivity index (χ0) is 16.8. The lowest BCUT2D eigenvalue weighted by atomic mass is 10.2. The number of halogens is 1. The van der Waals surface area contributed by atoms with Crippen LogP contribution in [0.5, 0.6) is 0 Å². The Morgan fingerprint density at radius 3 is 2.61 bits per heavy atom. The van der Waals surface area contributed by atoms with Crippen molar-refractivity contribution in [1.29, 1.82) is 0 Å². The number of aromatic nitrogens is 4. The summed E-state index contributed by atoms with van der Waals surface area (Å²) in [6.07, 6.45) is 0.539. The van der Waals surface area contributed by atoms with Crippen LogP contribution in [0, 0.1) is 0 Å². The SMILES string of the molecule is CCC(C(=O)N(CC)CCO)n1nnc(-c2ccc(Cl)cc2)n1. The van der Waals surface area contributed by atoms with Gasteiger partial charge >= 0.3 is 0 Å². The van der Waals surface area contributed by atoms with Crippen molar-refractivity contribution in [1.82, 2.24) is 25.1 Å². The maximum Gasteiger partial charge on any atom is 0.249 e. The molecule has 0 aliphatic rings. The first-order valence-corrected chi connectivity index (χ1v) is 7.93. The Balaban J connectivity index is 2.22. The Kier molecular flexibility index (Phi) is 6.06. The molecule has 1 heterocycles.